The average Bonchev–Trinajstić information content (AvgIpc) is 2.47. The Morgan fingerprint density at radius 1 is 0.905 bits per heavy atom. The Kier molecular flexibility index (Phi) is 5.58. The fourth-order valence-corrected chi connectivity index (χ4v) is 2.03. The van der Waals surface area contributed by atoms with Crippen molar-refractivity contribution in [1.29, 1.82) is 0 Å². The van der Waals surface area contributed by atoms with Gasteiger partial charge in [-0.2, -0.15) is 0 Å². The molecule has 2 aromatic carbocycles. The second-order valence-corrected chi connectivity index (χ2v) is 4.67. The minimum atomic E-state index is 0.379. The summed E-state index contributed by atoms with van der Waals surface area (Å²) in [6.07, 6.45) is 0. The highest BCUT2D eigenvalue weighted by Crippen LogP contribution is 2.27. The molecule has 0 heterocycles. The maximum atomic E-state index is 6.03. The van der Waals surface area contributed by atoms with Crippen LogP contribution in [0.1, 0.15) is 6.92 Å². The Labute approximate surface area is 129 Å². The zero-order valence-electron chi connectivity index (χ0n) is 11.8. The number of benzene rings is 2. The van der Waals surface area contributed by atoms with Crippen LogP contribution in [-0.2, 0) is 0 Å². The van der Waals surface area contributed by atoms with E-state index in [4.69, 9.17) is 31.5 Å². The molecule has 0 saturated heterocycles. The smallest absolute Gasteiger partial charge is 0.161 e. The highest BCUT2D eigenvalue weighted by molar-refractivity contribution is 6.32. The first-order chi connectivity index (χ1) is 10.2. The molecule has 0 unspecified atom stereocenters. The van der Waals surface area contributed by atoms with Crippen molar-refractivity contribution in [2.75, 3.05) is 25.6 Å². The number of hydrogen-bond donors (Lipinski definition) is 1. The van der Waals surface area contributed by atoms with Gasteiger partial charge >= 0.3 is 0 Å². The zero-order chi connectivity index (χ0) is 15.1. The van der Waals surface area contributed by atoms with E-state index in [-0.39, 0.29) is 0 Å². The third kappa shape index (κ3) is 4.46. The lowest BCUT2D eigenvalue weighted by Gasteiger charge is -2.12. The Balaban J connectivity index is 1.84. The topological polar surface area (TPSA) is 53.7 Å². The Morgan fingerprint density at radius 2 is 1.52 bits per heavy atom. The summed E-state index contributed by atoms with van der Waals surface area (Å²) in [5.41, 5.74) is 6.23. The SMILES string of the molecule is CCOc1ccccc1OCCOc1ccc(N)cc1Cl. The lowest BCUT2D eigenvalue weighted by Crippen LogP contribution is -2.10. The van der Waals surface area contributed by atoms with Crippen LogP contribution in [-0.4, -0.2) is 19.8 Å². The van der Waals surface area contributed by atoms with Gasteiger partial charge in [0.25, 0.3) is 0 Å². The molecule has 21 heavy (non-hydrogen) atoms. The highest BCUT2D eigenvalue weighted by Gasteiger charge is 2.05. The highest BCUT2D eigenvalue weighted by atomic mass is 35.5. The van der Waals surface area contributed by atoms with E-state index in [2.05, 4.69) is 0 Å². The van der Waals surface area contributed by atoms with Crippen LogP contribution in [0.25, 0.3) is 0 Å². The number of anilines is 1. The molecule has 0 saturated carbocycles. The molecule has 112 valence electrons. The van der Waals surface area contributed by atoms with Gasteiger partial charge in [-0.05, 0) is 37.3 Å². The van der Waals surface area contributed by atoms with E-state index in [0.29, 0.717) is 42.0 Å². The van der Waals surface area contributed by atoms with Crippen LogP contribution in [0, 0.1) is 0 Å². The number of hydrogen-bond acceptors (Lipinski definition) is 4. The normalized spacial score (nSPS) is 10.2. The summed E-state index contributed by atoms with van der Waals surface area (Å²) in [5.74, 6) is 2.02. The summed E-state index contributed by atoms with van der Waals surface area (Å²) in [5, 5.41) is 0.490. The quantitative estimate of drug-likeness (QED) is 0.625. The monoisotopic (exact) mass is 307 g/mol. The van der Waals surface area contributed by atoms with Gasteiger partial charge in [0, 0.05) is 5.69 Å². The predicted octanol–water partition coefficient (Wildman–Crippen LogP) is 3.78. The minimum Gasteiger partial charge on any atom is -0.490 e. The van der Waals surface area contributed by atoms with Gasteiger partial charge in [0.2, 0.25) is 0 Å². The number of nitrogens with two attached hydrogens (primary N) is 1. The molecule has 5 heteroatoms. The van der Waals surface area contributed by atoms with E-state index >= 15 is 0 Å². The number of para-hydroxylation sites is 2. The van der Waals surface area contributed by atoms with Gasteiger partial charge in [0.15, 0.2) is 11.5 Å². The Morgan fingerprint density at radius 3 is 2.14 bits per heavy atom. The van der Waals surface area contributed by atoms with Crippen molar-refractivity contribution >= 4 is 17.3 Å². The van der Waals surface area contributed by atoms with Crippen molar-refractivity contribution in [2.45, 2.75) is 6.92 Å². The molecular formula is C16H18ClNO3. The second-order valence-electron chi connectivity index (χ2n) is 4.27. The van der Waals surface area contributed by atoms with Crippen molar-refractivity contribution < 1.29 is 14.2 Å². The second kappa shape index (κ2) is 7.64. The largest absolute Gasteiger partial charge is 0.490 e. The van der Waals surface area contributed by atoms with Crippen LogP contribution in [0.2, 0.25) is 5.02 Å². The number of halogens is 1. The number of nitrogen functional groups attached to an aromatic ring is 1. The predicted molar refractivity (Wildman–Crippen MR) is 84.5 cm³/mol. The van der Waals surface area contributed by atoms with E-state index < -0.39 is 0 Å². The molecule has 2 N–H and O–H groups in total. The van der Waals surface area contributed by atoms with Crippen LogP contribution in [0.3, 0.4) is 0 Å². The molecule has 4 nitrogen and oxygen atoms in total. The van der Waals surface area contributed by atoms with E-state index in [1.165, 1.54) is 0 Å². The van der Waals surface area contributed by atoms with E-state index in [1.54, 1.807) is 18.2 Å². The van der Waals surface area contributed by atoms with Gasteiger partial charge in [0.05, 0.1) is 11.6 Å². The Hall–Kier alpha value is -2.07. The van der Waals surface area contributed by atoms with E-state index in [1.807, 2.05) is 31.2 Å². The Bertz CT molecular complexity index is 589. The zero-order valence-corrected chi connectivity index (χ0v) is 12.6. The molecule has 0 amide bonds. The average molecular weight is 308 g/mol. The first-order valence-electron chi connectivity index (χ1n) is 6.73. The van der Waals surface area contributed by atoms with Gasteiger partial charge in [-0.1, -0.05) is 23.7 Å². The molecule has 0 aliphatic heterocycles. The van der Waals surface area contributed by atoms with Gasteiger partial charge < -0.3 is 19.9 Å². The molecule has 2 rings (SSSR count). The lowest BCUT2D eigenvalue weighted by atomic mass is 10.3. The van der Waals surface area contributed by atoms with Crippen molar-refractivity contribution in [1.82, 2.24) is 0 Å². The molecule has 0 aliphatic carbocycles. The summed E-state index contributed by atoms with van der Waals surface area (Å²) >= 11 is 6.03. The van der Waals surface area contributed by atoms with E-state index in [0.717, 1.165) is 5.75 Å². The summed E-state index contributed by atoms with van der Waals surface area (Å²) < 4.78 is 16.7. The van der Waals surface area contributed by atoms with Crippen LogP contribution in [0.4, 0.5) is 5.69 Å². The molecule has 0 atom stereocenters. The summed E-state index contributed by atoms with van der Waals surface area (Å²) in [6.45, 7) is 3.30. The molecule has 0 radical (unpaired) electrons. The van der Waals surface area contributed by atoms with Crippen LogP contribution in [0.15, 0.2) is 42.5 Å². The third-order valence-corrected chi connectivity index (χ3v) is 3.00. The van der Waals surface area contributed by atoms with Crippen molar-refractivity contribution in [3.63, 3.8) is 0 Å². The van der Waals surface area contributed by atoms with Crippen LogP contribution in [0.5, 0.6) is 17.2 Å². The summed E-state index contributed by atoms with van der Waals surface area (Å²) in [4.78, 5) is 0. The molecule has 0 bridgehead atoms. The number of rotatable bonds is 7. The fraction of sp³-hybridized carbons (Fsp3) is 0.250. The molecule has 0 aromatic heterocycles. The molecular weight excluding hydrogens is 290 g/mol. The molecule has 0 fully saturated rings. The van der Waals surface area contributed by atoms with Crippen LogP contribution >= 0.6 is 11.6 Å². The third-order valence-electron chi connectivity index (χ3n) is 2.70. The van der Waals surface area contributed by atoms with E-state index in [9.17, 15) is 0 Å². The van der Waals surface area contributed by atoms with Crippen LogP contribution < -0.4 is 19.9 Å². The maximum Gasteiger partial charge on any atom is 0.161 e. The molecule has 0 aliphatic rings. The standard InChI is InChI=1S/C16H18ClNO3/c1-2-19-15-5-3-4-6-16(15)21-10-9-20-14-8-7-12(18)11-13(14)17/h3-8,11H,2,9-10,18H2,1H3. The summed E-state index contributed by atoms with van der Waals surface area (Å²) in [6, 6.07) is 12.7. The van der Waals surface area contributed by atoms with Gasteiger partial charge in [0.1, 0.15) is 19.0 Å². The molecule has 2 aromatic rings. The van der Waals surface area contributed by atoms with Crippen molar-refractivity contribution in [3.05, 3.63) is 47.5 Å². The first-order valence-corrected chi connectivity index (χ1v) is 7.11. The lowest BCUT2D eigenvalue weighted by molar-refractivity contribution is 0.208. The van der Waals surface area contributed by atoms with Gasteiger partial charge in [-0.3, -0.25) is 0 Å². The maximum absolute atomic E-state index is 6.03. The van der Waals surface area contributed by atoms with Gasteiger partial charge in [-0.15, -0.1) is 0 Å². The summed E-state index contributed by atoms with van der Waals surface area (Å²) in [7, 11) is 0. The fourth-order valence-electron chi connectivity index (χ4n) is 1.78. The van der Waals surface area contributed by atoms with Crippen molar-refractivity contribution in [2.24, 2.45) is 0 Å². The number of ether oxygens (including phenoxy) is 3. The van der Waals surface area contributed by atoms with Gasteiger partial charge in [-0.25, -0.2) is 0 Å². The minimum absolute atomic E-state index is 0.379. The van der Waals surface area contributed by atoms with Crippen molar-refractivity contribution in [3.8, 4) is 17.2 Å². The first kappa shape index (κ1) is 15.3. The molecule has 0 spiro atoms.